The van der Waals surface area contributed by atoms with Crippen LogP contribution in [0.3, 0.4) is 0 Å². The molecule has 0 aliphatic heterocycles. The molecule has 0 unspecified atom stereocenters. The summed E-state index contributed by atoms with van der Waals surface area (Å²) in [7, 11) is 0. The maximum absolute atomic E-state index is 12.4. The number of hydrogen-bond donors (Lipinski definition) is 2. The second-order valence-corrected chi connectivity index (χ2v) is 8.80. The average Bonchev–Trinajstić information content (AvgIpc) is 2.88. The molecule has 27 heavy (non-hydrogen) atoms. The number of primary amides is 1. The Balaban J connectivity index is 1.73. The van der Waals surface area contributed by atoms with Crippen LogP contribution in [0.15, 0.2) is 11.2 Å². The van der Waals surface area contributed by atoms with E-state index in [0.717, 1.165) is 42.6 Å². The van der Waals surface area contributed by atoms with Gasteiger partial charge in [0.2, 0.25) is 5.91 Å². The lowest BCUT2D eigenvalue weighted by Gasteiger charge is -2.10. The molecule has 0 saturated heterocycles. The van der Waals surface area contributed by atoms with Crippen LogP contribution in [0.4, 0.5) is 5.00 Å². The number of hydrogen-bond acceptors (Lipinski definition) is 6. The Bertz CT molecular complexity index is 843. The highest BCUT2D eigenvalue weighted by Gasteiger charge is 2.23. The Kier molecular flexibility index (Phi) is 6.49. The molecule has 2 aromatic rings. The summed E-state index contributed by atoms with van der Waals surface area (Å²) in [6.07, 6.45) is 6.34. The number of aryl methyl sites for hydroxylation is 3. The van der Waals surface area contributed by atoms with E-state index in [9.17, 15) is 9.59 Å². The highest BCUT2D eigenvalue weighted by Crippen LogP contribution is 2.37. The summed E-state index contributed by atoms with van der Waals surface area (Å²) in [6.45, 7) is 3.80. The van der Waals surface area contributed by atoms with Gasteiger partial charge in [0.05, 0.1) is 11.3 Å². The third-order valence-corrected chi connectivity index (χ3v) is 6.52. The SMILES string of the molecule is Cc1cc(C)nc(SCC(=O)Nc2sc3c(c2C(N)=O)CCCCCC3)n1. The lowest BCUT2D eigenvalue weighted by atomic mass is 9.96. The Morgan fingerprint density at radius 2 is 1.81 bits per heavy atom. The summed E-state index contributed by atoms with van der Waals surface area (Å²) in [5, 5.41) is 4.06. The first-order valence-corrected chi connectivity index (χ1v) is 10.9. The number of carbonyl (C=O) groups excluding carboxylic acids is 2. The van der Waals surface area contributed by atoms with Crippen LogP contribution in [-0.2, 0) is 17.6 Å². The predicted octanol–water partition coefficient (Wildman–Crippen LogP) is 3.64. The summed E-state index contributed by atoms with van der Waals surface area (Å²) in [6, 6.07) is 1.89. The van der Waals surface area contributed by atoms with Crippen LogP contribution in [-0.4, -0.2) is 27.5 Å². The van der Waals surface area contributed by atoms with Crippen molar-refractivity contribution in [3.8, 4) is 0 Å². The largest absolute Gasteiger partial charge is 0.365 e. The van der Waals surface area contributed by atoms with E-state index in [0.29, 0.717) is 15.7 Å². The van der Waals surface area contributed by atoms with Gasteiger partial charge in [0, 0.05) is 16.3 Å². The molecule has 3 rings (SSSR count). The van der Waals surface area contributed by atoms with Crippen molar-refractivity contribution < 1.29 is 9.59 Å². The average molecular weight is 405 g/mol. The molecule has 0 saturated carbocycles. The van der Waals surface area contributed by atoms with E-state index in [2.05, 4.69) is 15.3 Å². The van der Waals surface area contributed by atoms with Crippen LogP contribution in [0, 0.1) is 13.8 Å². The Morgan fingerprint density at radius 1 is 1.15 bits per heavy atom. The molecule has 0 aromatic carbocycles. The van der Waals surface area contributed by atoms with Crippen molar-refractivity contribution in [1.29, 1.82) is 0 Å². The van der Waals surface area contributed by atoms with Gasteiger partial charge in [-0.1, -0.05) is 24.6 Å². The maximum Gasteiger partial charge on any atom is 0.251 e. The monoisotopic (exact) mass is 404 g/mol. The summed E-state index contributed by atoms with van der Waals surface area (Å²) in [4.78, 5) is 34.3. The molecule has 3 N–H and O–H groups in total. The maximum atomic E-state index is 12.4. The predicted molar refractivity (Wildman–Crippen MR) is 110 cm³/mol. The number of rotatable bonds is 5. The molecule has 2 aromatic heterocycles. The number of aromatic nitrogens is 2. The molecule has 1 aliphatic rings. The standard InChI is InChI=1S/C19H24N4O2S2/c1-11-9-12(2)22-19(21-11)26-10-15(24)23-18-16(17(20)25)13-7-5-3-4-6-8-14(13)27-18/h9H,3-8,10H2,1-2H3,(H2,20,25)(H,23,24). The van der Waals surface area contributed by atoms with Gasteiger partial charge in [0.25, 0.3) is 5.91 Å². The molecule has 2 heterocycles. The molecule has 0 bridgehead atoms. The zero-order valence-corrected chi connectivity index (χ0v) is 17.3. The van der Waals surface area contributed by atoms with Crippen molar-refractivity contribution in [2.24, 2.45) is 5.73 Å². The van der Waals surface area contributed by atoms with E-state index in [1.807, 2.05) is 19.9 Å². The lowest BCUT2D eigenvalue weighted by Crippen LogP contribution is -2.19. The fraction of sp³-hybridized carbons (Fsp3) is 0.474. The Labute approximate surface area is 167 Å². The number of nitrogens with two attached hydrogens (primary N) is 1. The van der Waals surface area contributed by atoms with Gasteiger partial charge < -0.3 is 11.1 Å². The minimum atomic E-state index is -0.464. The zero-order valence-electron chi connectivity index (χ0n) is 15.6. The Morgan fingerprint density at radius 3 is 2.48 bits per heavy atom. The van der Waals surface area contributed by atoms with E-state index in [4.69, 9.17) is 5.73 Å². The van der Waals surface area contributed by atoms with Crippen molar-refractivity contribution in [1.82, 2.24) is 9.97 Å². The normalized spacial score (nSPS) is 14.1. The molecule has 0 atom stereocenters. The van der Waals surface area contributed by atoms with E-state index in [-0.39, 0.29) is 11.7 Å². The second kappa shape index (κ2) is 8.84. The molecule has 1 aliphatic carbocycles. The lowest BCUT2D eigenvalue weighted by molar-refractivity contribution is -0.113. The van der Waals surface area contributed by atoms with Crippen molar-refractivity contribution in [3.05, 3.63) is 33.5 Å². The number of thioether (sulfide) groups is 1. The van der Waals surface area contributed by atoms with Crippen molar-refractivity contribution in [2.75, 3.05) is 11.1 Å². The number of anilines is 1. The fourth-order valence-corrected chi connectivity index (χ4v) is 5.38. The number of amides is 2. The molecular weight excluding hydrogens is 380 g/mol. The number of nitrogens with one attached hydrogen (secondary N) is 1. The van der Waals surface area contributed by atoms with Crippen LogP contribution < -0.4 is 11.1 Å². The molecule has 6 nitrogen and oxygen atoms in total. The molecule has 144 valence electrons. The van der Waals surface area contributed by atoms with E-state index >= 15 is 0 Å². The molecule has 0 spiro atoms. The van der Waals surface area contributed by atoms with Gasteiger partial charge in [-0.15, -0.1) is 11.3 Å². The smallest absolute Gasteiger partial charge is 0.251 e. The first-order chi connectivity index (χ1) is 12.9. The first-order valence-electron chi connectivity index (χ1n) is 9.13. The highest BCUT2D eigenvalue weighted by atomic mass is 32.2. The minimum absolute atomic E-state index is 0.181. The second-order valence-electron chi connectivity index (χ2n) is 6.76. The van der Waals surface area contributed by atoms with E-state index < -0.39 is 5.91 Å². The summed E-state index contributed by atoms with van der Waals surface area (Å²) in [5.74, 6) is -0.461. The number of fused-ring (bicyclic) bond motifs is 1. The topological polar surface area (TPSA) is 98.0 Å². The van der Waals surface area contributed by atoms with Crippen molar-refractivity contribution >= 4 is 39.9 Å². The third-order valence-electron chi connectivity index (χ3n) is 4.46. The molecular formula is C19H24N4O2S2. The van der Waals surface area contributed by atoms with Crippen LogP contribution in [0.2, 0.25) is 0 Å². The number of carbonyl (C=O) groups is 2. The molecule has 8 heteroatoms. The number of thiophene rings is 1. The van der Waals surface area contributed by atoms with E-state index in [1.165, 1.54) is 40.8 Å². The van der Waals surface area contributed by atoms with Crippen molar-refractivity contribution in [3.63, 3.8) is 0 Å². The number of nitrogens with zero attached hydrogens (tertiary/aromatic N) is 2. The van der Waals surface area contributed by atoms with Gasteiger partial charge >= 0.3 is 0 Å². The molecule has 0 radical (unpaired) electrons. The quantitative estimate of drug-likeness (QED) is 0.586. The molecule has 2 amide bonds. The Hall–Kier alpha value is -1.93. The van der Waals surface area contributed by atoms with Gasteiger partial charge in [-0.2, -0.15) is 0 Å². The van der Waals surface area contributed by atoms with Crippen molar-refractivity contribution in [2.45, 2.75) is 57.5 Å². The minimum Gasteiger partial charge on any atom is -0.365 e. The van der Waals surface area contributed by atoms with Gasteiger partial charge in [-0.25, -0.2) is 9.97 Å². The molecule has 0 fully saturated rings. The van der Waals surface area contributed by atoms with Crippen LogP contribution in [0.1, 0.15) is 57.9 Å². The summed E-state index contributed by atoms with van der Waals surface area (Å²) in [5.41, 5.74) is 8.92. The third kappa shape index (κ3) is 5.07. The van der Waals surface area contributed by atoms with Gasteiger partial charge in [-0.3, -0.25) is 9.59 Å². The van der Waals surface area contributed by atoms with E-state index in [1.54, 1.807) is 0 Å². The first kappa shape index (κ1) is 19.8. The fourth-order valence-electron chi connectivity index (χ4n) is 3.32. The highest BCUT2D eigenvalue weighted by molar-refractivity contribution is 7.99. The van der Waals surface area contributed by atoms with Crippen LogP contribution in [0.25, 0.3) is 0 Å². The summed E-state index contributed by atoms with van der Waals surface area (Å²) >= 11 is 2.78. The van der Waals surface area contributed by atoms with Gasteiger partial charge in [-0.05, 0) is 51.2 Å². The zero-order chi connectivity index (χ0) is 19.4. The van der Waals surface area contributed by atoms with Gasteiger partial charge in [0.1, 0.15) is 5.00 Å². The van der Waals surface area contributed by atoms with Crippen LogP contribution in [0.5, 0.6) is 0 Å². The summed E-state index contributed by atoms with van der Waals surface area (Å²) < 4.78 is 0. The van der Waals surface area contributed by atoms with Gasteiger partial charge in [0.15, 0.2) is 5.16 Å². The van der Waals surface area contributed by atoms with Crippen LogP contribution >= 0.6 is 23.1 Å².